The van der Waals surface area contributed by atoms with Crippen molar-refractivity contribution in [2.24, 2.45) is 5.92 Å². The summed E-state index contributed by atoms with van der Waals surface area (Å²) in [6, 6.07) is 6.82. The second kappa shape index (κ2) is 5.17. The predicted molar refractivity (Wildman–Crippen MR) is 65.8 cm³/mol. The first-order valence-corrected chi connectivity index (χ1v) is 5.77. The SMILES string of the molecule is N#Cc1ccc(NC(=O)CC2CNC2)c(Cl)c1. The summed E-state index contributed by atoms with van der Waals surface area (Å²) >= 11 is 5.96. The van der Waals surface area contributed by atoms with Crippen molar-refractivity contribution < 1.29 is 4.79 Å². The van der Waals surface area contributed by atoms with E-state index in [1.165, 1.54) is 0 Å². The number of carbonyl (C=O) groups is 1. The fraction of sp³-hybridized carbons (Fsp3) is 0.333. The Hall–Kier alpha value is -1.57. The monoisotopic (exact) mass is 249 g/mol. The number of amides is 1. The number of hydrogen-bond acceptors (Lipinski definition) is 3. The molecule has 1 fully saturated rings. The Morgan fingerprint density at radius 3 is 2.88 bits per heavy atom. The molecule has 4 nitrogen and oxygen atoms in total. The van der Waals surface area contributed by atoms with E-state index in [4.69, 9.17) is 16.9 Å². The van der Waals surface area contributed by atoms with Crippen LogP contribution in [0.4, 0.5) is 5.69 Å². The van der Waals surface area contributed by atoms with Crippen LogP contribution in [0.2, 0.25) is 5.02 Å². The fourth-order valence-corrected chi connectivity index (χ4v) is 1.87. The largest absolute Gasteiger partial charge is 0.325 e. The van der Waals surface area contributed by atoms with E-state index in [2.05, 4.69) is 10.6 Å². The molecule has 1 amide bonds. The van der Waals surface area contributed by atoms with Gasteiger partial charge in [-0.3, -0.25) is 4.79 Å². The molecule has 1 aromatic carbocycles. The zero-order valence-electron chi connectivity index (χ0n) is 9.16. The molecule has 0 saturated carbocycles. The van der Waals surface area contributed by atoms with Gasteiger partial charge in [0.2, 0.25) is 5.91 Å². The molecule has 2 rings (SSSR count). The Kier molecular flexibility index (Phi) is 3.62. The number of hydrogen-bond donors (Lipinski definition) is 2. The molecule has 1 aliphatic heterocycles. The Bertz CT molecular complexity index is 477. The smallest absolute Gasteiger partial charge is 0.224 e. The van der Waals surface area contributed by atoms with E-state index >= 15 is 0 Å². The Labute approximate surface area is 105 Å². The minimum Gasteiger partial charge on any atom is -0.325 e. The van der Waals surface area contributed by atoms with E-state index in [9.17, 15) is 4.79 Å². The first-order chi connectivity index (χ1) is 8.19. The average Bonchev–Trinajstić information content (AvgIpc) is 2.26. The summed E-state index contributed by atoms with van der Waals surface area (Å²) in [5, 5.41) is 15.0. The van der Waals surface area contributed by atoms with Crippen molar-refractivity contribution in [3.05, 3.63) is 28.8 Å². The van der Waals surface area contributed by atoms with Gasteiger partial charge in [0.05, 0.1) is 22.3 Å². The van der Waals surface area contributed by atoms with Crippen LogP contribution in [0.25, 0.3) is 0 Å². The molecule has 1 aliphatic rings. The molecule has 1 saturated heterocycles. The van der Waals surface area contributed by atoms with Crippen molar-refractivity contribution in [1.82, 2.24) is 5.32 Å². The lowest BCUT2D eigenvalue weighted by Crippen LogP contribution is -2.43. The second-order valence-electron chi connectivity index (χ2n) is 4.08. The van der Waals surface area contributed by atoms with Gasteiger partial charge in [0.1, 0.15) is 0 Å². The number of rotatable bonds is 3. The second-order valence-corrected chi connectivity index (χ2v) is 4.49. The summed E-state index contributed by atoms with van der Waals surface area (Å²) in [4.78, 5) is 11.7. The third-order valence-corrected chi connectivity index (χ3v) is 3.03. The molecule has 88 valence electrons. The summed E-state index contributed by atoms with van der Waals surface area (Å²) in [6.07, 6.45) is 0.503. The van der Waals surface area contributed by atoms with Crippen molar-refractivity contribution >= 4 is 23.2 Å². The van der Waals surface area contributed by atoms with Crippen molar-refractivity contribution in [2.45, 2.75) is 6.42 Å². The number of anilines is 1. The molecule has 0 unspecified atom stereocenters. The number of carbonyl (C=O) groups excluding carboxylic acids is 1. The van der Waals surface area contributed by atoms with Gasteiger partial charge in [-0.25, -0.2) is 0 Å². The van der Waals surface area contributed by atoms with Crippen LogP contribution >= 0.6 is 11.6 Å². The minimum atomic E-state index is -0.0388. The minimum absolute atomic E-state index is 0.0388. The van der Waals surface area contributed by atoms with Crippen molar-refractivity contribution in [2.75, 3.05) is 18.4 Å². The van der Waals surface area contributed by atoms with Gasteiger partial charge in [0.25, 0.3) is 0 Å². The lowest BCUT2D eigenvalue weighted by molar-refractivity contribution is -0.117. The van der Waals surface area contributed by atoms with Crippen LogP contribution in [0.5, 0.6) is 0 Å². The van der Waals surface area contributed by atoms with Crippen molar-refractivity contribution in [3.8, 4) is 6.07 Å². The molecule has 1 aromatic rings. The van der Waals surface area contributed by atoms with Gasteiger partial charge in [-0.2, -0.15) is 5.26 Å². The molecule has 17 heavy (non-hydrogen) atoms. The lowest BCUT2D eigenvalue weighted by atomic mass is 9.99. The highest BCUT2D eigenvalue weighted by molar-refractivity contribution is 6.33. The van der Waals surface area contributed by atoms with E-state index in [0.29, 0.717) is 28.6 Å². The van der Waals surface area contributed by atoms with Gasteiger partial charge < -0.3 is 10.6 Å². The summed E-state index contributed by atoms with van der Waals surface area (Å²) in [7, 11) is 0. The predicted octanol–water partition coefficient (Wildman–Crippen LogP) is 1.76. The summed E-state index contributed by atoms with van der Waals surface area (Å²) in [5.74, 6) is 0.385. The van der Waals surface area contributed by atoms with E-state index < -0.39 is 0 Å². The Morgan fingerprint density at radius 1 is 1.59 bits per heavy atom. The van der Waals surface area contributed by atoms with Gasteiger partial charge in [-0.05, 0) is 37.2 Å². The van der Waals surface area contributed by atoms with Gasteiger partial charge in [-0.1, -0.05) is 11.6 Å². The summed E-state index contributed by atoms with van der Waals surface area (Å²) in [5.41, 5.74) is 1.04. The Balaban J connectivity index is 1.98. The van der Waals surface area contributed by atoms with Crippen LogP contribution in [0.15, 0.2) is 18.2 Å². The molecule has 0 aromatic heterocycles. The number of halogens is 1. The topological polar surface area (TPSA) is 64.9 Å². The molecule has 0 bridgehead atoms. The maximum Gasteiger partial charge on any atom is 0.224 e. The maximum atomic E-state index is 11.7. The quantitative estimate of drug-likeness (QED) is 0.858. The normalized spacial score (nSPS) is 14.8. The maximum absolute atomic E-state index is 11.7. The van der Waals surface area contributed by atoms with E-state index in [0.717, 1.165) is 13.1 Å². The van der Waals surface area contributed by atoms with E-state index in [1.807, 2.05) is 6.07 Å². The third-order valence-electron chi connectivity index (χ3n) is 2.71. The highest BCUT2D eigenvalue weighted by Gasteiger charge is 2.20. The van der Waals surface area contributed by atoms with Crippen LogP contribution in [0.3, 0.4) is 0 Å². The van der Waals surface area contributed by atoms with Crippen molar-refractivity contribution in [1.29, 1.82) is 5.26 Å². The molecule has 0 spiro atoms. The number of nitrogens with one attached hydrogen (secondary N) is 2. The van der Waals surface area contributed by atoms with Crippen molar-refractivity contribution in [3.63, 3.8) is 0 Å². The molecule has 2 N–H and O–H groups in total. The molecular formula is C12H12ClN3O. The van der Waals surface area contributed by atoms with Gasteiger partial charge in [-0.15, -0.1) is 0 Å². The first kappa shape index (κ1) is 11.9. The zero-order valence-corrected chi connectivity index (χ0v) is 9.92. The van der Waals surface area contributed by atoms with Crippen LogP contribution in [-0.4, -0.2) is 19.0 Å². The molecule has 5 heteroatoms. The number of nitriles is 1. The standard InChI is InChI=1S/C12H12ClN3O/c13-10-3-8(5-14)1-2-11(10)16-12(17)4-9-6-15-7-9/h1-3,9,15H,4,6-7H2,(H,16,17). The van der Waals surface area contributed by atoms with Crippen LogP contribution in [0, 0.1) is 17.2 Å². The first-order valence-electron chi connectivity index (χ1n) is 5.39. The average molecular weight is 250 g/mol. The van der Waals surface area contributed by atoms with E-state index in [-0.39, 0.29) is 5.91 Å². The van der Waals surface area contributed by atoms with Gasteiger partial charge in [0.15, 0.2) is 0 Å². The lowest BCUT2D eigenvalue weighted by Gasteiger charge is -2.26. The van der Waals surface area contributed by atoms with Crippen LogP contribution in [-0.2, 0) is 4.79 Å². The summed E-state index contributed by atoms with van der Waals surface area (Å²) < 4.78 is 0. The Morgan fingerprint density at radius 2 is 2.35 bits per heavy atom. The molecular weight excluding hydrogens is 238 g/mol. The van der Waals surface area contributed by atoms with E-state index in [1.54, 1.807) is 18.2 Å². The third kappa shape index (κ3) is 2.96. The fourth-order valence-electron chi connectivity index (χ4n) is 1.64. The van der Waals surface area contributed by atoms with Gasteiger partial charge >= 0.3 is 0 Å². The molecule has 0 atom stereocenters. The number of benzene rings is 1. The summed E-state index contributed by atoms with van der Waals surface area (Å²) in [6.45, 7) is 1.79. The molecule has 1 heterocycles. The van der Waals surface area contributed by atoms with Crippen LogP contribution < -0.4 is 10.6 Å². The number of nitrogens with zero attached hydrogens (tertiary/aromatic N) is 1. The van der Waals surface area contributed by atoms with Gasteiger partial charge in [0, 0.05) is 6.42 Å². The molecule has 0 aliphatic carbocycles. The zero-order chi connectivity index (χ0) is 12.3. The molecule has 0 radical (unpaired) electrons. The highest BCUT2D eigenvalue weighted by Crippen LogP contribution is 2.23. The van der Waals surface area contributed by atoms with Crippen LogP contribution in [0.1, 0.15) is 12.0 Å². The highest BCUT2D eigenvalue weighted by atomic mass is 35.5.